The molecular weight excluding hydrogens is 388 g/mol. The number of hydrogen-bond acceptors (Lipinski definition) is 3. The normalized spacial score (nSPS) is 17.1. The highest BCUT2D eigenvalue weighted by Gasteiger charge is 2.32. The van der Waals surface area contributed by atoms with E-state index in [9.17, 15) is 14.4 Å². The Balaban J connectivity index is 0.00000192. The van der Waals surface area contributed by atoms with Gasteiger partial charge < -0.3 is 15.0 Å². The topological polar surface area (TPSA) is 90.5 Å². The number of aromatic amines is 1. The average Bonchev–Trinajstić information content (AvgIpc) is 2.97. The van der Waals surface area contributed by atoms with Gasteiger partial charge >= 0.3 is 5.97 Å². The van der Waals surface area contributed by atoms with Gasteiger partial charge in [0.05, 0.1) is 17.0 Å². The van der Waals surface area contributed by atoms with Crippen LogP contribution in [-0.4, -0.2) is 40.0 Å². The Morgan fingerprint density at radius 2 is 2.09 bits per heavy atom. The minimum atomic E-state index is -0.895. The number of carboxylic acids is 1. The lowest BCUT2D eigenvalue weighted by molar-refractivity contribution is -0.141. The number of aromatic nitrogens is 1. The highest BCUT2D eigenvalue weighted by atomic mass is 79.9. The number of carbonyl (C=O) groups is 2. The van der Waals surface area contributed by atoms with Crippen LogP contribution in [-0.2, 0) is 4.79 Å². The summed E-state index contributed by atoms with van der Waals surface area (Å²) in [4.78, 5) is 39.7. The number of amides is 1. The number of benzene rings is 1. The van der Waals surface area contributed by atoms with E-state index in [2.05, 4.69) is 20.9 Å². The third-order valence-electron chi connectivity index (χ3n) is 3.88. The van der Waals surface area contributed by atoms with Crippen LogP contribution in [0.4, 0.5) is 0 Å². The Hall–Kier alpha value is -1.86. The maximum Gasteiger partial charge on any atom is 0.308 e. The van der Waals surface area contributed by atoms with Crippen molar-refractivity contribution in [3.8, 4) is 0 Å². The van der Waals surface area contributed by atoms with Crippen molar-refractivity contribution in [2.45, 2.75) is 6.42 Å². The summed E-state index contributed by atoms with van der Waals surface area (Å²) in [5.41, 5.74) is 0.496. The van der Waals surface area contributed by atoms with E-state index in [0.29, 0.717) is 33.9 Å². The van der Waals surface area contributed by atoms with Crippen molar-refractivity contribution >= 4 is 51.1 Å². The molecule has 1 aromatic heterocycles. The van der Waals surface area contributed by atoms with Gasteiger partial charge in [-0.15, -0.1) is 12.4 Å². The fraction of sp³-hybridized carbons (Fsp3) is 0.267. The SMILES string of the molecule is Cl.O=C(O)C1CCN(C(=O)c2cc(=O)[nH]c3c(Br)cccc23)C1. The van der Waals surface area contributed by atoms with Crippen LogP contribution in [0.3, 0.4) is 0 Å². The molecule has 2 N–H and O–H groups in total. The Bertz CT molecular complexity index is 836. The fourth-order valence-electron chi connectivity index (χ4n) is 2.74. The molecule has 1 aliphatic rings. The van der Waals surface area contributed by atoms with Crippen molar-refractivity contribution < 1.29 is 14.7 Å². The number of rotatable bonds is 2. The van der Waals surface area contributed by atoms with Crippen LogP contribution in [0.25, 0.3) is 10.9 Å². The number of likely N-dealkylation sites (tertiary alicyclic amines) is 1. The molecule has 0 aliphatic carbocycles. The maximum absolute atomic E-state index is 12.7. The molecule has 23 heavy (non-hydrogen) atoms. The maximum atomic E-state index is 12.7. The summed E-state index contributed by atoms with van der Waals surface area (Å²) in [6.07, 6.45) is 0.436. The fourth-order valence-corrected chi connectivity index (χ4v) is 3.20. The van der Waals surface area contributed by atoms with E-state index in [1.807, 2.05) is 0 Å². The Morgan fingerprint density at radius 1 is 1.35 bits per heavy atom. The van der Waals surface area contributed by atoms with Gasteiger partial charge in [-0.3, -0.25) is 14.4 Å². The lowest BCUT2D eigenvalue weighted by Gasteiger charge is -2.17. The van der Waals surface area contributed by atoms with E-state index >= 15 is 0 Å². The van der Waals surface area contributed by atoms with Crippen LogP contribution in [0.5, 0.6) is 0 Å². The molecule has 1 unspecified atom stereocenters. The minimum absolute atomic E-state index is 0. The highest BCUT2D eigenvalue weighted by Crippen LogP contribution is 2.26. The lowest BCUT2D eigenvalue weighted by Crippen LogP contribution is -2.31. The zero-order valence-electron chi connectivity index (χ0n) is 11.9. The van der Waals surface area contributed by atoms with E-state index in [1.54, 1.807) is 18.2 Å². The van der Waals surface area contributed by atoms with Gasteiger partial charge in [0.2, 0.25) is 5.56 Å². The third kappa shape index (κ3) is 3.25. The number of carbonyl (C=O) groups excluding carboxylic acids is 1. The number of nitrogens with zero attached hydrogens (tertiary/aromatic N) is 1. The molecule has 3 rings (SSSR count). The van der Waals surface area contributed by atoms with Gasteiger partial charge in [0, 0.05) is 29.0 Å². The molecule has 2 aromatic rings. The number of para-hydroxylation sites is 1. The molecule has 1 aromatic carbocycles. The summed E-state index contributed by atoms with van der Waals surface area (Å²) >= 11 is 3.35. The zero-order valence-corrected chi connectivity index (χ0v) is 14.3. The predicted octanol–water partition coefficient (Wildman–Crippen LogP) is 2.26. The minimum Gasteiger partial charge on any atom is -0.481 e. The first kappa shape index (κ1) is 17.5. The lowest BCUT2D eigenvalue weighted by atomic mass is 10.1. The zero-order chi connectivity index (χ0) is 15.9. The molecule has 1 amide bonds. The Morgan fingerprint density at radius 3 is 2.74 bits per heavy atom. The van der Waals surface area contributed by atoms with Gasteiger partial charge in [-0.05, 0) is 28.4 Å². The average molecular weight is 402 g/mol. The quantitative estimate of drug-likeness (QED) is 0.807. The number of nitrogens with one attached hydrogen (secondary N) is 1. The molecule has 1 aliphatic heterocycles. The van der Waals surface area contributed by atoms with Crippen molar-refractivity contribution in [2.75, 3.05) is 13.1 Å². The Kier molecular flexibility index (Phi) is 5.11. The molecule has 0 bridgehead atoms. The first-order chi connectivity index (χ1) is 10.5. The van der Waals surface area contributed by atoms with Gasteiger partial charge in [0.1, 0.15) is 0 Å². The van der Waals surface area contributed by atoms with Crippen molar-refractivity contribution in [2.24, 2.45) is 5.92 Å². The van der Waals surface area contributed by atoms with Crippen LogP contribution in [0, 0.1) is 5.92 Å². The molecule has 0 radical (unpaired) electrons. The van der Waals surface area contributed by atoms with Crippen LogP contribution >= 0.6 is 28.3 Å². The largest absolute Gasteiger partial charge is 0.481 e. The molecule has 122 valence electrons. The number of hydrogen-bond donors (Lipinski definition) is 2. The summed E-state index contributed by atoms with van der Waals surface area (Å²) < 4.78 is 0.696. The molecule has 8 heteroatoms. The standard InChI is InChI=1S/C15H13BrN2O4.ClH/c16-11-3-1-2-9-10(6-12(19)17-13(9)11)14(20)18-5-4-8(7-18)15(21)22;/h1-3,6,8H,4-5,7H2,(H,17,19)(H,21,22);1H. The number of halogens is 2. The number of pyridine rings is 1. The highest BCUT2D eigenvalue weighted by molar-refractivity contribution is 9.10. The number of fused-ring (bicyclic) bond motifs is 1. The van der Waals surface area contributed by atoms with Crippen LogP contribution in [0.1, 0.15) is 16.8 Å². The first-order valence-corrected chi connectivity index (χ1v) is 7.60. The van der Waals surface area contributed by atoms with E-state index < -0.39 is 11.9 Å². The predicted molar refractivity (Wildman–Crippen MR) is 91.2 cm³/mol. The van der Waals surface area contributed by atoms with Crippen molar-refractivity contribution in [3.63, 3.8) is 0 Å². The van der Waals surface area contributed by atoms with E-state index in [0.717, 1.165) is 0 Å². The summed E-state index contributed by atoms with van der Waals surface area (Å²) in [7, 11) is 0. The van der Waals surface area contributed by atoms with Gasteiger partial charge in [-0.25, -0.2) is 0 Å². The number of aliphatic carboxylic acids is 1. The van der Waals surface area contributed by atoms with Crippen molar-refractivity contribution in [1.82, 2.24) is 9.88 Å². The van der Waals surface area contributed by atoms with Crippen molar-refractivity contribution in [1.29, 1.82) is 0 Å². The summed E-state index contributed by atoms with van der Waals surface area (Å²) in [6, 6.07) is 6.59. The molecule has 1 saturated heterocycles. The van der Waals surface area contributed by atoms with Gasteiger partial charge in [-0.2, -0.15) is 0 Å². The Labute approximate surface area is 146 Å². The monoisotopic (exact) mass is 400 g/mol. The van der Waals surface area contributed by atoms with E-state index in [4.69, 9.17) is 5.11 Å². The molecule has 6 nitrogen and oxygen atoms in total. The van der Waals surface area contributed by atoms with Gasteiger partial charge in [0.15, 0.2) is 0 Å². The third-order valence-corrected chi connectivity index (χ3v) is 4.54. The van der Waals surface area contributed by atoms with Crippen LogP contribution < -0.4 is 5.56 Å². The molecule has 0 saturated carbocycles. The molecule has 1 atom stereocenters. The summed E-state index contributed by atoms with van der Waals surface area (Å²) in [5.74, 6) is -1.74. The molecule has 1 fully saturated rings. The van der Waals surface area contributed by atoms with Gasteiger partial charge in [-0.1, -0.05) is 12.1 Å². The smallest absolute Gasteiger partial charge is 0.308 e. The summed E-state index contributed by atoms with van der Waals surface area (Å²) in [6.45, 7) is 0.564. The second-order valence-electron chi connectivity index (χ2n) is 5.28. The van der Waals surface area contributed by atoms with E-state index in [-0.39, 0.29) is 30.4 Å². The molecule has 0 spiro atoms. The second-order valence-corrected chi connectivity index (χ2v) is 6.14. The van der Waals surface area contributed by atoms with Crippen LogP contribution in [0.15, 0.2) is 33.5 Å². The van der Waals surface area contributed by atoms with Gasteiger partial charge in [0.25, 0.3) is 5.91 Å². The second kappa shape index (κ2) is 6.72. The molecule has 2 heterocycles. The first-order valence-electron chi connectivity index (χ1n) is 6.81. The van der Waals surface area contributed by atoms with E-state index in [1.165, 1.54) is 11.0 Å². The van der Waals surface area contributed by atoms with Crippen molar-refractivity contribution in [3.05, 3.63) is 44.7 Å². The number of carboxylic acid groups (broad SMARTS) is 1. The van der Waals surface area contributed by atoms with Crippen LogP contribution in [0.2, 0.25) is 0 Å². The molecular formula is C15H14BrClN2O4. The number of H-pyrrole nitrogens is 1. The summed E-state index contributed by atoms with van der Waals surface area (Å²) in [5, 5.41) is 9.67.